The molecule has 4 heteroatoms. The Hall–Kier alpha value is -5.11. The van der Waals surface area contributed by atoms with E-state index in [2.05, 4.69) is 273 Å². The largest absolute Gasteiger partial charge is 0.0622 e. The van der Waals surface area contributed by atoms with E-state index in [-0.39, 0.29) is 19.5 Å². The van der Waals surface area contributed by atoms with Gasteiger partial charge in [0.2, 0.25) is 0 Å². The molecule has 0 bridgehead atoms. The average molecular weight is 893 g/mol. The maximum absolute atomic E-state index is 2.23. The second kappa shape index (κ2) is 23.3. The van der Waals surface area contributed by atoms with Crippen LogP contribution in [-0.4, -0.2) is 0 Å². The van der Waals surface area contributed by atoms with E-state index < -0.39 is 23.8 Å². The van der Waals surface area contributed by atoms with Crippen molar-refractivity contribution in [1.82, 2.24) is 0 Å². The van der Waals surface area contributed by atoms with Crippen LogP contribution >= 0.6 is 23.8 Å². The van der Waals surface area contributed by atoms with E-state index in [1.54, 1.807) is 0 Å². The fourth-order valence-corrected chi connectivity index (χ4v) is 13.5. The van der Waals surface area contributed by atoms with Gasteiger partial charge in [0.15, 0.2) is 0 Å². The average Bonchev–Trinajstić information content (AvgIpc) is 3.30. The summed E-state index contributed by atoms with van der Waals surface area (Å²) in [6.07, 6.45) is 0. The van der Waals surface area contributed by atoms with Crippen LogP contribution in [0.4, 0.5) is 0 Å². The molecular weight excluding hydrogens is 844 g/mol. The van der Waals surface area contributed by atoms with Crippen molar-refractivity contribution in [2.24, 2.45) is 0 Å². The summed E-state index contributed by atoms with van der Waals surface area (Å²) in [5.41, 5.74) is 0. The molecule has 0 aromatic heterocycles. The van der Waals surface area contributed by atoms with Gasteiger partial charge in [0, 0.05) is 0 Å². The fraction of sp³-hybridized carbons (Fsp3) is 0. The van der Waals surface area contributed by atoms with Crippen LogP contribution in [0, 0.1) is 0 Å². The Bertz CT molecular complexity index is 1860. The smallest absolute Gasteiger partial charge is 0.0134 e. The van der Waals surface area contributed by atoms with Gasteiger partial charge in [0.05, 0.1) is 0 Å². The summed E-state index contributed by atoms with van der Waals surface area (Å²) in [7, 11) is -1.34. The van der Waals surface area contributed by atoms with Crippen LogP contribution < -0.4 is 47.7 Å². The molecule has 0 unspecified atom stereocenters. The Morgan fingerprint density at radius 3 is 0.310 bits per heavy atom. The van der Waals surface area contributed by atoms with Gasteiger partial charge in [-0.1, -0.05) is 273 Å². The molecular formula is C54H48P3Rh. The summed E-state index contributed by atoms with van der Waals surface area (Å²) in [6.45, 7) is 0. The molecule has 0 saturated carbocycles. The number of hydrogen-bond acceptors (Lipinski definition) is 0. The van der Waals surface area contributed by atoms with Crippen LogP contribution in [0.25, 0.3) is 0 Å². The molecule has 0 amide bonds. The maximum atomic E-state index is 2.23. The number of hydrogen-bond donors (Lipinski definition) is 0. The molecule has 0 nitrogen and oxygen atoms in total. The molecule has 0 aliphatic carbocycles. The molecule has 1 radical (unpaired) electrons. The Morgan fingerprint density at radius 1 is 0.138 bits per heavy atom. The van der Waals surface area contributed by atoms with E-state index in [9.17, 15) is 0 Å². The van der Waals surface area contributed by atoms with E-state index in [0.29, 0.717) is 0 Å². The molecule has 0 aliphatic heterocycles. The molecule has 288 valence electrons. The summed E-state index contributed by atoms with van der Waals surface area (Å²) < 4.78 is 0. The number of benzene rings is 9. The van der Waals surface area contributed by atoms with Gasteiger partial charge < -0.3 is 0 Å². The molecule has 9 aromatic rings. The van der Waals surface area contributed by atoms with E-state index >= 15 is 0 Å². The standard InChI is InChI=1S/3C18H15P.Rh.3H/c3*1-4-10-16(11-5-1)19(17-12-6-2-7-13-17)18-14-8-3-9-15-18;;;;/h3*1-15H;;;;. The zero-order valence-electron chi connectivity index (χ0n) is 32.2. The maximum Gasteiger partial charge on any atom is -0.0134 e. The first kappa shape index (κ1) is 42.5. The quantitative estimate of drug-likeness (QED) is 0.100. The minimum atomic E-state index is -0.446. The fourth-order valence-electron chi connectivity index (χ4n) is 6.54. The van der Waals surface area contributed by atoms with Gasteiger partial charge in [-0.05, 0) is 71.5 Å². The molecule has 0 heterocycles. The van der Waals surface area contributed by atoms with E-state index in [4.69, 9.17) is 0 Å². The van der Waals surface area contributed by atoms with Crippen LogP contribution in [0.2, 0.25) is 0 Å². The predicted octanol–water partition coefficient (Wildman–Crippen LogP) is 9.53. The summed E-state index contributed by atoms with van der Waals surface area (Å²) in [5.74, 6) is 0. The van der Waals surface area contributed by atoms with E-state index in [1.165, 1.54) is 47.7 Å². The minimum absolute atomic E-state index is 0. The summed E-state index contributed by atoms with van der Waals surface area (Å²) >= 11 is 0. The van der Waals surface area contributed by atoms with Crippen LogP contribution in [0.5, 0.6) is 0 Å². The summed E-state index contributed by atoms with van der Waals surface area (Å²) in [5, 5.41) is 12.6. The van der Waals surface area contributed by atoms with Gasteiger partial charge in [-0.15, -0.1) is 0 Å². The molecule has 9 aromatic carbocycles. The SMILES string of the molecule is [RhH3].c1ccc(P(c2ccccc2)c2ccccc2)cc1.c1ccc(P(c2ccccc2)c2ccccc2)cc1.c1ccc(P(c2ccccc2)c2ccccc2)cc1. The molecule has 0 fully saturated rings. The van der Waals surface area contributed by atoms with Gasteiger partial charge in [0.25, 0.3) is 0 Å². The summed E-state index contributed by atoms with van der Waals surface area (Å²) in [4.78, 5) is 0. The Balaban J connectivity index is 0.000000145. The first-order chi connectivity index (χ1) is 28.3. The van der Waals surface area contributed by atoms with Crippen molar-refractivity contribution in [2.45, 2.75) is 0 Å². The molecule has 0 atom stereocenters. The number of rotatable bonds is 9. The second-order valence-corrected chi connectivity index (χ2v) is 19.7. The van der Waals surface area contributed by atoms with Crippen molar-refractivity contribution in [3.63, 3.8) is 0 Å². The third-order valence-electron chi connectivity index (χ3n) is 9.13. The normalized spacial score (nSPS) is 10.4. The molecule has 9 rings (SSSR count). The molecule has 0 saturated heterocycles. The van der Waals surface area contributed by atoms with Gasteiger partial charge in [-0.2, -0.15) is 0 Å². The van der Waals surface area contributed by atoms with Gasteiger partial charge in [-0.3, -0.25) is 0 Å². The van der Waals surface area contributed by atoms with Crippen LogP contribution in [0.3, 0.4) is 0 Å². The zero-order valence-corrected chi connectivity index (χ0v) is 36.9. The zero-order chi connectivity index (χ0) is 38.7. The van der Waals surface area contributed by atoms with Crippen molar-refractivity contribution in [3.8, 4) is 0 Å². The Morgan fingerprint density at radius 2 is 0.224 bits per heavy atom. The summed E-state index contributed by atoms with van der Waals surface area (Å²) in [6, 6.07) is 97.0. The van der Waals surface area contributed by atoms with Crippen LogP contribution in [-0.2, 0) is 19.5 Å². The minimum Gasteiger partial charge on any atom is -0.0622 e. The van der Waals surface area contributed by atoms with Gasteiger partial charge in [0.1, 0.15) is 0 Å². The van der Waals surface area contributed by atoms with E-state index in [1.807, 2.05) is 0 Å². The third kappa shape index (κ3) is 12.0. The first-order valence-electron chi connectivity index (χ1n) is 19.2. The van der Waals surface area contributed by atoms with Gasteiger partial charge in [-0.25, -0.2) is 0 Å². The van der Waals surface area contributed by atoms with E-state index in [0.717, 1.165) is 0 Å². The van der Waals surface area contributed by atoms with Crippen LogP contribution in [0.15, 0.2) is 273 Å². The third-order valence-corrected chi connectivity index (χ3v) is 16.5. The van der Waals surface area contributed by atoms with Crippen molar-refractivity contribution < 1.29 is 19.5 Å². The van der Waals surface area contributed by atoms with Crippen molar-refractivity contribution in [2.75, 3.05) is 0 Å². The molecule has 0 aliphatic rings. The monoisotopic (exact) mass is 892 g/mol. The van der Waals surface area contributed by atoms with Crippen molar-refractivity contribution in [1.29, 1.82) is 0 Å². The second-order valence-electron chi connectivity index (χ2n) is 13.0. The Kier molecular flexibility index (Phi) is 17.1. The van der Waals surface area contributed by atoms with Gasteiger partial charge >= 0.3 is 19.5 Å². The first-order valence-corrected chi connectivity index (χ1v) is 23.2. The molecule has 58 heavy (non-hydrogen) atoms. The molecule has 0 N–H and O–H groups in total. The van der Waals surface area contributed by atoms with Crippen molar-refractivity contribution in [3.05, 3.63) is 273 Å². The molecule has 0 spiro atoms. The predicted molar refractivity (Wildman–Crippen MR) is 260 cm³/mol. The topological polar surface area (TPSA) is 0 Å². The Labute approximate surface area is 361 Å². The van der Waals surface area contributed by atoms with Crippen molar-refractivity contribution >= 4 is 71.5 Å². The van der Waals surface area contributed by atoms with Crippen LogP contribution in [0.1, 0.15) is 0 Å².